The normalized spacial score (nSPS) is 37.7. The smallest absolute Gasteiger partial charge is 0.0218 e. The van der Waals surface area contributed by atoms with Gasteiger partial charge in [-0.2, -0.15) is 0 Å². The molecule has 1 saturated heterocycles. The maximum Gasteiger partial charge on any atom is 0.0218 e. The molecule has 0 saturated carbocycles. The van der Waals surface area contributed by atoms with E-state index in [2.05, 4.69) is 24.3 Å². The van der Waals surface area contributed by atoms with Crippen LogP contribution in [-0.4, -0.2) is 24.1 Å². The predicted octanol–water partition coefficient (Wildman–Crippen LogP) is 0.994. The summed E-state index contributed by atoms with van der Waals surface area (Å²) in [5.41, 5.74) is 3.20. The Bertz CT molecular complexity index is 82.9. The number of hydrogen-bond acceptors (Lipinski definition) is 2. The molecule has 54 valence electrons. The second-order valence-electron chi connectivity index (χ2n) is 2.91. The van der Waals surface area contributed by atoms with Crippen molar-refractivity contribution >= 4 is 0 Å². The van der Waals surface area contributed by atoms with Gasteiger partial charge in [-0.15, -0.1) is 0 Å². The molecule has 1 N–H and O–H groups in total. The second kappa shape index (κ2) is 2.67. The second-order valence-corrected chi connectivity index (χ2v) is 2.91. The Hall–Kier alpha value is -0.0800. The van der Waals surface area contributed by atoms with Gasteiger partial charge in [0.25, 0.3) is 0 Å². The third kappa shape index (κ3) is 1.25. The lowest BCUT2D eigenvalue weighted by molar-refractivity contribution is 0.152. The summed E-state index contributed by atoms with van der Waals surface area (Å²) < 4.78 is 0. The number of nitrogens with zero attached hydrogens (tertiary/aromatic N) is 1. The summed E-state index contributed by atoms with van der Waals surface area (Å²) >= 11 is 0. The zero-order valence-electron chi connectivity index (χ0n) is 6.52. The van der Waals surface area contributed by atoms with Gasteiger partial charge in [-0.05, 0) is 33.7 Å². The molecule has 1 aliphatic heterocycles. The molecule has 1 heterocycles. The van der Waals surface area contributed by atoms with Gasteiger partial charge in [-0.25, -0.2) is 5.01 Å². The van der Waals surface area contributed by atoms with E-state index in [9.17, 15) is 0 Å². The van der Waals surface area contributed by atoms with Crippen LogP contribution < -0.4 is 5.43 Å². The molecule has 0 spiro atoms. The highest BCUT2D eigenvalue weighted by atomic mass is 15.5. The molecule has 2 atom stereocenters. The molecule has 0 radical (unpaired) electrons. The fourth-order valence-electron chi connectivity index (χ4n) is 1.64. The summed E-state index contributed by atoms with van der Waals surface area (Å²) in [5, 5.41) is 2.32. The van der Waals surface area contributed by atoms with Crippen molar-refractivity contribution < 1.29 is 0 Å². The van der Waals surface area contributed by atoms with Gasteiger partial charge in [0.15, 0.2) is 0 Å². The molecular formula is C7H16N2. The first kappa shape index (κ1) is 7.03. The highest BCUT2D eigenvalue weighted by Gasteiger charge is 2.25. The minimum atomic E-state index is 0.727. The fourth-order valence-corrected chi connectivity index (χ4v) is 1.64. The standard InChI is InChI=1S/C7H16N2/c1-6-4-5-7(2)9(6)8-3/h6-8H,4-5H2,1-3H3/t6-,7?/m1/s1. The molecule has 1 rings (SSSR count). The molecule has 0 aromatic heterocycles. The van der Waals surface area contributed by atoms with Crippen molar-refractivity contribution in [2.45, 2.75) is 38.8 Å². The predicted molar refractivity (Wildman–Crippen MR) is 39.1 cm³/mol. The van der Waals surface area contributed by atoms with Crippen molar-refractivity contribution in [3.05, 3.63) is 0 Å². The lowest BCUT2D eigenvalue weighted by Gasteiger charge is -2.23. The Morgan fingerprint density at radius 1 is 1.22 bits per heavy atom. The van der Waals surface area contributed by atoms with E-state index in [1.54, 1.807) is 0 Å². The Labute approximate surface area is 57.2 Å². The van der Waals surface area contributed by atoms with Crippen LogP contribution in [0.1, 0.15) is 26.7 Å². The van der Waals surface area contributed by atoms with Crippen LogP contribution in [0.15, 0.2) is 0 Å². The first-order valence-corrected chi connectivity index (χ1v) is 3.71. The van der Waals surface area contributed by atoms with Crippen LogP contribution in [-0.2, 0) is 0 Å². The summed E-state index contributed by atoms with van der Waals surface area (Å²) in [4.78, 5) is 0. The Kier molecular flexibility index (Phi) is 2.09. The van der Waals surface area contributed by atoms with E-state index in [0.29, 0.717) is 0 Å². The molecule has 0 aromatic carbocycles. The lowest BCUT2D eigenvalue weighted by Crippen LogP contribution is -2.41. The summed E-state index contributed by atoms with van der Waals surface area (Å²) in [6.45, 7) is 4.53. The maximum absolute atomic E-state index is 3.20. The van der Waals surface area contributed by atoms with E-state index >= 15 is 0 Å². The van der Waals surface area contributed by atoms with Crippen LogP contribution in [0.5, 0.6) is 0 Å². The zero-order valence-corrected chi connectivity index (χ0v) is 6.52. The minimum Gasteiger partial charge on any atom is -0.258 e. The topological polar surface area (TPSA) is 15.3 Å². The van der Waals surface area contributed by atoms with Crippen molar-refractivity contribution in [2.24, 2.45) is 0 Å². The van der Waals surface area contributed by atoms with Crippen LogP contribution in [0.4, 0.5) is 0 Å². The van der Waals surface area contributed by atoms with Crippen LogP contribution in [0.2, 0.25) is 0 Å². The molecule has 0 aromatic rings. The third-order valence-electron chi connectivity index (χ3n) is 2.21. The number of nitrogens with one attached hydrogen (secondary N) is 1. The molecule has 0 bridgehead atoms. The molecule has 2 heteroatoms. The highest BCUT2D eigenvalue weighted by Crippen LogP contribution is 2.19. The molecule has 1 aliphatic rings. The first-order valence-electron chi connectivity index (χ1n) is 3.71. The minimum absolute atomic E-state index is 0.727. The number of rotatable bonds is 1. The summed E-state index contributed by atoms with van der Waals surface area (Å²) in [6, 6.07) is 1.45. The van der Waals surface area contributed by atoms with Gasteiger partial charge in [0.05, 0.1) is 0 Å². The van der Waals surface area contributed by atoms with Gasteiger partial charge in [0, 0.05) is 12.1 Å². The van der Waals surface area contributed by atoms with E-state index in [4.69, 9.17) is 0 Å². The van der Waals surface area contributed by atoms with Crippen LogP contribution in [0.25, 0.3) is 0 Å². The Balaban J connectivity index is 2.44. The SMILES string of the molecule is CNN1C(C)CC[C@H]1C. The van der Waals surface area contributed by atoms with Crippen LogP contribution >= 0.6 is 0 Å². The number of hydrogen-bond donors (Lipinski definition) is 1. The van der Waals surface area contributed by atoms with Crippen LogP contribution in [0.3, 0.4) is 0 Å². The monoisotopic (exact) mass is 128 g/mol. The summed E-state index contributed by atoms with van der Waals surface area (Å²) in [6.07, 6.45) is 2.67. The molecule has 9 heavy (non-hydrogen) atoms. The molecule has 2 nitrogen and oxygen atoms in total. The van der Waals surface area contributed by atoms with Crippen molar-refractivity contribution in [3.63, 3.8) is 0 Å². The quantitative estimate of drug-likeness (QED) is 0.566. The van der Waals surface area contributed by atoms with Gasteiger partial charge in [0.1, 0.15) is 0 Å². The third-order valence-corrected chi connectivity index (χ3v) is 2.21. The Morgan fingerprint density at radius 3 is 1.89 bits per heavy atom. The summed E-state index contributed by atoms with van der Waals surface area (Å²) in [5.74, 6) is 0. The first-order chi connectivity index (χ1) is 4.25. The fraction of sp³-hybridized carbons (Fsp3) is 1.00. The molecular weight excluding hydrogens is 112 g/mol. The average molecular weight is 128 g/mol. The average Bonchev–Trinajstić information content (AvgIpc) is 2.12. The van der Waals surface area contributed by atoms with Gasteiger partial charge < -0.3 is 0 Å². The highest BCUT2D eigenvalue weighted by molar-refractivity contribution is 4.78. The van der Waals surface area contributed by atoms with Gasteiger partial charge in [-0.1, -0.05) is 0 Å². The summed E-state index contributed by atoms with van der Waals surface area (Å²) in [7, 11) is 2.00. The molecule has 0 amide bonds. The van der Waals surface area contributed by atoms with Crippen molar-refractivity contribution in [3.8, 4) is 0 Å². The van der Waals surface area contributed by atoms with E-state index in [0.717, 1.165) is 12.1 Å². The van der Waals surface area contributed by atoms with E-state index in [1.807, 2.05) is 7.05 Å². The van der Waals surface area contributed by atoms with Gasteiger partial charge in [-0.3, -0.25) is 5.43 Å². The van der Waals surface area contributed by atoms with Gasteiger partial charge >= 0.3 is 0 Å². The lowest BCUT2D eigenvalue weighted by atomic mass is 10.2. The molecule has 1 unspecified atom stereocenters. The van der Waals surface area contributed by atoms with E-state index < -0.39 is 0 Å². The molecule has 1 fully saturated rings. The van der Waals surface area contributed by atoms with E-state index in [1.165, 1.54) is 12.8 Å². The largest absolute Gasteiger partial charge is 0.258 e. The van der Waals surface area contributed by atoms with Crippen molar-refractivity contribution in [1.29, 1.82) is 0 Å². The Morgan fingerprint density at radius 2 is 1.67 bits per heavy atom. The zero-order chi connectivity index (χ0) is 6.85. The molecule has 0 aliphatic carbocycles. The van der Waals surface area contributed by atoms with Crippen molar-refractivity contribution in [2.75, 3.05) is 7.05 Å². The van der Waals surface area contributed by atoms with Crippen LogP contribution in [0, 0.1) is 0 Å². The maximum atomic E-state index is 3.20. The van der Waals surface area contributed by atoms with Crippen molar-refractivity contribution in [1.82, 2.24) is 10.4 Å². The van der Waals surface area contributed by atoms with Gasteiger partial charge in [0.2, 0.25) is 0 Å². The number of hydrazine groups is 1. The van der Waals surface area contributed by atoms with E-state index in [-0.39, 0.29) is 0 Å².